The van der Waals surface area contributed by atoms with Gasteiger partial charge in [-0.15, -0.1) is 0 Å². The van der Waals surface area contributed by atoms with Gasteiger partial charge in [0.2, 0.25) is 15.9 Å². The number of amides is 1. The topological polar surface area (TPSA) is 104 Å². The van der Waals surface area contributed by atoms with Crippen molar-refractivity contribution in [3.63, 3.8) is 0 Å². The van der Waals surface area contributed by atoms with Crippen LogP contribution in [-0.2, 0) is 20.6 Å². The third-order valence-electron chi connectivity index (χ3n) is 4.95. The van der Waals surface area contributed by atoms with Crippen LogP contribution >= 0.6 is 23.2 Å². The first kappa shape index (κ1) is 22.6. The summed E-state index contributed by atoms with van der Waals surface area (Å²) in [5.74, 6) is -1.75. The van der Waals surface area contributed by atoms with Gasteiger partial charge in [-0.25, -0.2) is 17.5 Å². The second kappa shape index (κ2) is 9.34. The molecule has 0 atom stereocenters. The number of nitrogens with one attached hydrogen (secondary N) is 1. The molecule has 0 unspecified atom stereocenters. The van der Waals surface area contributed by atoms with Crippen molar-refractivity contribution < 1.29 is 23.1 Å². The summed E-state index contributed by atoms with van der Waals surface area (Å²) in [7, 11) is -3.54. The first-order chi connectivity index (χ1) is 14.2. The van der Waals surface area contributed by atoms with E-state index in [4.69, 9.17) is 28.3 Å². The zero-order valence-electron chi connectivity index (χ0n) is 15.8. The molecule has 1 aliphatic heterocycles. The predicted octanol–water partition coefficient (Wildman–Crippen LogP) is 3.87. The second-order valence-corrected chi connectivity index (χ2v) is 9.83. The number of hydrogen-bond acceptors (Lipinski definition) is 4. The van der Waals surface area contributed by atoms with Crippen molar-refractivity contribution in [3.8, 4) is 0 Å². The van der Waals surface area contributed by atoms with Crippen molar-refractivity contribution in [1.82, 2.24) is 4.31 Å². The molecule has 0 radical (unpaired) electrons. The number of carboxylic acid groups (broad SMARTS) is 1. The highest BCUT2D eigenvalue weighted by Crippen LogP contribution is 2.26. The summed E-state index contributed by atoms with van der Waals surface area (Å²) >= 11 is 11.8. The molecule has 0 aliphatic carbocycles. The molecule has 0 spiro atoms. The second-order valence-electron chi connectivity index (χ2n) is 7.05. The van der Waals surface area contributed by atoms with Gasteiger partial charge < -0.3 is 10.4 Å². The maximum Gasteiger partial charge on any atom is 0.335 e. The molecule has 1 fully saturated rings. The Bertz CT molecular complexity index is 1050. The fourth-order valence-electron chi connectivity index (χ4n) is 3.27. The highest BCUT2D eigenvalue weighted by atomic mass is 35.5. The molecule has 10 heteroatoms. The van der Waals surface area contributed by atoms with Crippen LogP contribution in [0, 0.1) is 5.92 Å². The van der Waals surface area contributed by atoms with Crippen molar-refractivity contribution >= 4 is 50.8 Å². The van der Waals surface area contributed by atoms with Gasteiger partial charge in [0.1, 0.15) is 0 Å². The Morgan fingerprint density at radius 1 is 1.03 bits per heavy atom. The van der Waals surface area contributed by atoms with Crippen molar-refractivity contribution in [2.45, 2.75) is 18.6 Å². The van der Waals surface area contributed by atoms with Crippen molar-refractivity contribution in [3.05, 3.63) is 63.6 Å². The molecule has 1 saturated heterocycles. The number of halogens is 2. The lowest BCUT2D eigenvalue weighted by Crippen LogP contribution is -2.41. The van der Waals surface area contributed by atoms with Crippen LogP contribution in [0.15, 0.2) is 42.5 Å². The number of anilines is 1. The van der Waals surface area contributed by atoms with Gasteiger partial charge in [-0.05, 0) is 54.8 Å². The van der Waals surface area contributed by atoms with Gasteiger partial charge in [-0.3, -0.25) is 4.79 Å². The molecule has 2 aromatic rings. The van der Waals surface area contributed by atoms with Crippen LogP contribution < -0.4 is 5.32 Å². The zero-order valence-corrected chi connectivity index (χ0v) is 18.2. The monoisotopic (exact) mass is 470 g/mol. The fourth-order valence-corrected chi connectivity index (χ4v) is 5.14. The molecule has 1 heterocycles. The molecule has 1 amide bonds. The molecule has 160 valence electrons. The Morgan fingerprint density at radius 3 is 2.23 bits per heavy atom. The Balaban J connectivity index is 1.55. The third-order valence-corrected chi connectivity index (χ3v) is 7.54. The quantitative estimate of drug-likeness (QED) is 0.666. The number of aromatic carboxylic acids is 1. The molecule has 30 heavy (non-hydrogen) atoms. The van der Waals surface area contributed by atoms with Gasteiger partial charge in [-0.1, -0.05) is 29.3 Å². The lowest BCUT2D eigenvalue weighted by Gasteiger charge is -2.30. The summed E-state index contributed by atoms with van der Waals surface area (Å²) in [5, 5.41) is 12.3. The van der Waals surface area contributed by atoms with Gasteiger partial charge in [0.25, 0.3) is 0 Å². The van der Waals surface area contributed by atoms with Crippen molar-refractivity contribution in [1.29, 1.82) is 0 Å². The number of carbonyl (C=O) groups excluding carboxylic acids is 1. The molecule has 2 N–H and O–H groups in total. The number of rotatable bonds is 6. The highest BCUT2D eigenvalue weighted by Gasteiger charge is 2.31. The standard InChI is InChI=1S/C20H20Cl2N2O5S/c21-17-6-1-13(11-18(17)22)12-30(28,29)24-9-7-14(8-10-24)19(25)23-16-4-2-15(3-5-16)20(26)27/h1-6,11,14H,7-10,12H2,(H,23,25)(H,26,27). The van der Waals surface area contributed by atoms with E-state index in [1.54, 1.807) is 12.1 Å². The number of nitrogens with zero attached hydrogens (tertiary/aromatic N) is 1. The van der Waals surface area contributed by atoms with Gasteiger partial charge in [0.15, 0.2) is 0 Å². The maximum atomic E-state index is 12.7. The van der Waals surface area contributed by atoms with E-state index < -0.39 is 16.0 Å². The SMILES string of the molecule is O=C(O)c1ccc(NC(=O)C2CCN(S(=O)(=O)Cc3ccc(Cl)c(Cl)c3)CC2)cc1. The minimum Gasteiger partial charge on any atom is -0.478 e. The van der Waals surface area contributed by atoms with Crippen LogP contribution in [0.3, 0.4) is 0 Å². The number of carbonyl (C=O) groups is 2. The summed E-state index contributed by atoms with van der Waals surface area (Å²) in [6, 6.07) is 10.6. The Hall–Kier alpha value is -2.13. The number of benzene rings is 2. The van der Waals surface area contributed by atoms with E-state index in [0.29, 0.717) is 34.1 Å². The normalized spacial score (nSPS) is 15.7. The van der Waals surface area contributed by atoms with E-state index in [1.807, 2.05) is 0 Å². The van der Waals surface area contributed by atoms with Gasteiger partial charge in [-0.2, -0.15) is 0 Å². The largest absolute Gasteiger partial charge is 0.478 e. The van der Waals surface area contributed by atoms with Gasteiger partial charge in [0, 0.05) is 24.7 Å². The number of hydrogen-bond donors (Lipinski definition) is 2. The first-order valence-electron chi connectivity index (χ1n) is 9.21. The molecule has 2 aromatic carbocycles. The van der Waals surface area contributed by atoms with Crippen LogP contribution in [0.1, 0.15) is 28.8 Å². The molecular weight excluding hydrogens is 451 g/mol. The highest BCUT2D eigenvalue weighted by molar-refractivity contribution is 7.88. The summed E-state index contributed by atoms with van der Waals surface area (Å²) in [6.07, 6.45) is 0.805. The van der Waals surface area contributed by atoms with Crippen LogP contribution in [-0.4, -0.2) is 42.8 Å². The molecule has 0 bridgehead atoms. The van der Waals surface area contributed by atoms with Gasteiger partial charge in [0.05, 0.1) is 21.4 Å². The minimum absolute atomic E-state index is 0.133. The average molecular weight is 471 g/mol. The number of piperidine rings is 1. The molecule has 0 aromatic heterocycles. The van der Waals surface area contributed by atoms with Crippen LogP contribution in [0.25, 0.3) is 0 Å². The predicted molar refractivity (Wildman–Crippen MR) is 115 cm³/mol. The summed E-state index contributed by atoms with van der Waals surface area (Å²) < 4.78 is 26.8. The Morgan fingerprint density at radius 2 is 1.67 bits per heavy atom. The molecule has 7 nitrogen and oxygen atoms in total. The summed E-state index contributed by atoms with van der Waals surface area (Å²) in [4.78, 5) is 23.4. The first-order valence-corrected chi connectivity index (χ1v) is 11.6. The third kappa shape index (κ3) is 5.51. The summed E-state index contributed by atoms with van der Waals surface area (Å²) in [6.45, 7) is 0.499. The molecule has 3 rings (SSSR count). The smallest absolute Gasteiger partial charge is 0.335 e. The van der Waals surface area contributed by atoms with Crippen LogP contribution in [0.5, 0.6) is 0 Å². The van der Waals surface area contributed by atoms with Crippen molar-refractivity contribution in [2.24, 2.45) is 5.92 Å². The fraction of sp³-hybridized carbons (Fsp3) is 0.300. The van der Waals surface area contributed by atoms with Crippen LogP contribution in [0.2, 0.25) is 10.0 Å². The van der Waals surface area contributed by atoms with E-state index in [-0.39, 0.29) is 36.2 Å². The van der Waals surface area contributed by atoms with E-state index in [1.165, 1.54) is 34.6 Å². The minimum atomic E-state index is -3.54. The van der Waals surface area contributed by atoms with Gasteiger partial charge >= 0.3 is 5.97 Å². The molecular formula is C20H20Cl2N2O5S. The molecule has 1 aliphatic rings. The van der Waals surface area contributed by atoms with Crippen molar-refractivity contribution in [2.75, 3.05) is 18.4 Å². The maximum absolute atomic E-state index is 12.7. The van der Waals surface area contributed by atoms with Crippen LogP contribution in [0.4, 0.5) is 5.69 Å². The zero-order chi connectivity index (χ0) is 21.9. The average Bonchev–Trinajstić information content (AvgIpc) is 2.71. The lowest BCUT2D eigenvalue weighted by molar-refractivity contribution is -0.120. The Labute approximate surface area is 184 Å². The van der Waals surface area contributed by atoms with E-state index >= 15 is 0 Å². The van der Waals surface area contributed by atoms with E-state index in [0.717, 1.165) is 0 Å². The Kier molecular flexibility index (Phi) is 7.02. The number of carboxylic acids is 1. The lowest BCUT2D eigenvalue weighted by atomic mass is 9.97. The van der Waals surface area contributed by atoms with E-state index in [2.05, 4.69) is 5.32 Å². The summed E-state index contributed by atoms with van der Waals surface area (Å²) in [5.41, 5.74) is 1.18. The number of sulfonamides is 1. The van der Waals surface area contributed by atoms with E-state index in [9.17, 15) is 18.0 Å². The molecule has 0 saturated carbocycles.